The number of nitrogens with one attached hydrogen (secondary N) is 1. The molecule has 1 N–H and O–H groups in total. The summed E-state index contributed by atoms with van der Waals surface area (Å²) in [7, 11) is -0.614. The number of hydrogen-bond acceptors (Lipinski definition) is 4. The standard InChI is InChI=1S/C14H26N2O3S/c1-14(2,3)19-13(17)16-7-4-12(10-16)15-11-5-8-20(18)9-6-11/h11-12,15H,4-10H2,1-3H3. The van der Waals surface area contributed by atoms with Crippen LogP contribution in [-0.2, 0) is 15.5 Å². The van der Waals surface area contributed by atoms with Crippen LogP contribution in [0, 0.1) is 0 Å². The Morgan fingerprint density at radius 2 is 1.85 bits per heavy atom. The van der Waals surface area contributed by atoms with Crippen LogP contribution in [0.15, 0.2) is 0 Å². The van der Waals surface area contributed by atoms with Crippen LogP contribution in [0.3, 0.4) is 0 Å². The second kappa shape index (κ2) is 6.43. The largest absolute Gasteiger partial charge is 0.444 e. The lowest BCUT2D eigenvalue weighted by Crippen LogP contribution is -2.44. The number of rotatable bonds is 2. The lowest BCUT2D eigenvalue weighted by atomic mass is 10.1. The predicted octanol–water partition coefficient (Wildman–Crippen LogP) is 1.50. The maximum absolute atomic E-state index is 12.0. The van der Waals surface area contributed by atoms with E-state index in [1.165, 1.54) is 0 Å². The SMILES string of the molecule is CC(C)(C)OC(=O)N1CCC(NC2CCS(=O)CC2)C1. The Bertz CT molecular complexity index is 371. The molecular formula is C14H26N2O3S. The smallest absolute Gasteiger partial charge is 0.410 e. The Hall–Kier alpha value is -0.620. The third-order valence-electron chi connectivity index (χ3n) is 3.70. The number of ether oxygens (including phenoxy) is 1. The molecule has 0 bridgehead atoms. The molecule has 116 valence electrons. The minimum atomic E-state index is -0.614. The number of carbonyl (C=O) groups excluding carboxylic acids is 1. The molecule has 0 radical (unpaired) electrons. The van der Waals surface area contributed by atoms with Gasteiger partial charge < -0.3 is 15.0 Å². The van der Waals surface area contributed by atoms with Crippen molar-refractivity contribution in [2.45, 2.75) is 57.7 Å². The van der Waals surface area contributed by atoms with Gasteiger partial charge in [0, 0.05) is 47.5 Å². The topological polar surface area (TPSA) is 58.6 Å². The number of amides is 1. The highest BCUT2D eigenvalue weighted by Crippen LogP contribution is 2.17. The Labute approximate surface area is 123 Å². The van der Waals surface area contributed by atoms with Crippen LogP contribution in [0.25, 0.3) is 0 Å². The van der Waals surface area contributed by atoms with Crippen LogP contribution >= 0.6 is 0 Å². The third kappa shape index (κ3) is 4.74. The molecule has 2 saturated heterocycles. The molecule has 0 aromatic carbocycles. The average molecular weight is 302 g/mol. The van der Waals surface area contributed by atoms with E-state index in [0.29, 0.717) is 18.6 Å². The van der Waals surface area contributed by atoms with E-state index in [1.54, 1.807) is 4.90 Å². The summed E-state index contributed by atoms with van der Waals surface area (Å²) in [6.45, 7) is 7.14. The monoisotopic (exact) mass is 302 g/mol. The molecule has 0 aromatic heterocycles. The summed E-state index contributed by atoms with van der Waals surface area (Å²) in [6.07, 6.45) is 2.72. The number of likely N-dealkylation sites (tertiary alicyclic amines) is 1. The van der Waals surface area contributed by atoms with E-state index in [0.717, 1.165) is 37.3 Å². The van der Waals surface area contributed by atoms with Crippen LogP contribution in [0.2, 0.25) is 0 Å². The van der Waals surface area contributed by atoms with Crippen LogP contribution in [-0.4, -0.2) is 57.5 Å². The second-order valence-corrected chi connectivity index (χ2v) is 8.40. The summed E-state index contributed by atoms with van der Waals surface area (Å²) < 4.78 is 16.7. The molecule has 20 heavy (non-hydrogen) atoms. The van der Waals surface area contributed by atoms with Gasteiger partial charge in [-0.05, 0) is 40.0 Å². The van der Waals surface area contributed by atoms with Crippen molar-refractivity contribution in [3.63, 3.8) is 0 Å². The fourth-order valence-corrected chi connectivity index (χ4v) is 3.98. The van der Waals surface area contributed by atoms with Gasteiger partial charge in [0.05, 0.1) is 0 Å². The van der Waals surface area contributed by atoms with Crippen LogP contribution < -0.4 is 5.32 Å². The zero-order chi connectivity index (χ0) is 14.8. The average Bonchev–Trinajstić information content (AvgIpc) is 2.79. The maximum atomic E-state index is 12.0. The molecule has 1 unspecified atom stereocenters. The summed E-state index contributed by atoms with van der Waals surface area (Å²) in [5.74, 6) is 1.61. The number of carbonyl (C=O) groups is 1. The highest BCUT2D eigenvalue weighted by molar-refractivity contribution is 7.85. The Kier molecular flexibility index (Phi) is 5.07. The molecule has 2 fully saturated rings. The van der Waals surface area contributed by atoms with Gasteiger partial charge in [0.15, 0.2) is 0 Å². The summed E-state index contributed by atoms with van der Waals surface area (Å²) >= 11 is 0. The zero-order valence-electron chi connectivity index (χ0n) is 12.7. The van der Waals surface area contributed by atoms with Crippen molar-refractivity contribution in [1.29, 1.82) is 0 Å². The molecule has 0 aliphatic carbocycles. The van der Waals surface area contributed by atoms with Gasteiger partial charge in [-0.15, -0.1) is 0 Å². The lowest BCUT2D eigenvalue weighted by Gasteiger charge is -2.27. The first-order valence-corrected chi connectivity index (χ1v) is 8.91. The minimum Gasteiger partial charge on any atom is -0.444 e. The molecule has 2 rings (SSSR count). The highest BCUT2D eigenvalue weighted by atomic mass is 32.2. The molecule has 0 spiro atoms. The van der Waals surface area contributed by atoms with Crippen molar-refractivity contribution in [3.8, 4) is 0 Å². The fraction of sp³-hybridized carbons (Fsp3) is 0.929. The first-order valence-electron chi connectivity index (χ1n) is 7.42. The first-order chi connectivity index (χ1) is 9.33. The first kappa shape index (κ1) is 15.8. The Balaban J connectivity index is 1.75. The van der Waals surface area contributed by atoms with E-state index in [-0.39, 0.29) is 6.09 Å². The van der Waals surface area contributed by atoms with E-state index in [9.17, 15) is 9.00 Å². The molecule has 2 aliphatic heterocycles. The van der Waals surface area contributed by atoms with Gasteiger partial charge in [-0.1, -0.05) is 0 Å². The highest BCUT2D eigenvalue weighted by Gasteiger charge is 2.31. The summed E-state index contributed by atoms with van der Waals surface area (Å²) in [4.78, 5) is 13.8. The van der Waals surface area contributed by atoms with E-state index in [1.807, 2.05) is 20.8 Å². The molecular weight excluding hydrogens is 276 g/mol. The predicted molar refractivity (Wildman–Crippen MR) is 80.2 cm³/mol. The molecule has 5 nitrogen and oxygen atoms in total. The summed E-state index contributed by atoms with van der Waals surface area (Å²) in [5.41, 5.74) is -0.434. The van der Waals surface area contributed by atoms with Crippen LogP contribution in [0.1, 0.15) is 40.0 Å². The van der Waals surface area contributed by atoms with Gasteiger partial charge >= 0.3 is 6.09 Å². The minimum absolute atomic E-state index is 0.216. The van der Waals surface area contributed by atoms with E-state index in [2.05, 4.69) is 5.32 Å². The van der Waals surface area contributed by atoms with Crippen molar-refractivity contribution in [3.05, 3.63) is 0 Å². The third-order valence-corrected chi connectivity index (χ3v) is 5.08. The fourth-order valence-electron chi connectivity index (χ4n) is 2.68. The van der Waals surface area contributed by atoms with Crippen molar-refractivity contribution in [2.75, 3.05) is 24.6 Å². The van der Waals surface area contributed by atoms with Gasteiger partial charge in [0.25, 0.3) is 0 Å². The molecule has 0 saturated carbocycles. The quantitative estimate of drug-likeness (QED) is 0.840. The molecule has 2 heterocycles. The number of hydrogen-bond donors (Lipinski definition) is 1. The molecule has 1 atom stereocenters. The van der Waals surface area contributed by atoms with Crippen molar-refractivity contribution >= 4 is 16.9 Å². The summed E-state index contributed by atoms with van der Waals surface area (Å²) in [6, 6.07) is 0.801. The zero-order valence-corrected chi connectivity index (χ0v) is 13.5. The Morgan fingerprint density at radius 3 is 2.45 bits per heavy atom. The lowest BCUT2D eigenvalue weighted by molar-refractivity contribution is 0.0290. The van der Waals surface area contributed by atoms with Crippen molar-refractivity contribution in [1.82, 2.24) is 10.2 Å². The second-order valence-electron chi connectivity index (χ2n) is 6.70. The van der Waals surface area contributed by atoms with Gasteiger partial charge in [-0.25, -0.2) is 4.79 Å². The van der Waals surface area contributed by atoms with E-state index < -0.39 is 16.4 Å². The maximum Gasteiger partial charge on any atom is 0.410 e. The summed E-state index contributed by atoms with van der Waals surface area (Å²) in [5, 5.41) is 3.60. The van der Waals surface area contributed by atoms with E-state index >= 15 is 0 Å². The van der Waals surface area contributed by atoms with Gasteiger partial charge in [-0.3, -0.25) is 4.21 Å². The van der Waals surface area contributed by atoms with Crippen LogP contribution in [0.4, 0.5) is 4.79 Å². The number of nitrogens with zero attached hydrogens (tertiary/aromatic N) is 1. The normalized spacial score (nSPS) is 31.4. The van der Waals surface area contributed by atoms with Crippen molar-refractivity contribution in [2.24, 2.45) is 0 Å². The molecule has 0 aromatic rings. The molecule has 1 amide bonds. The van der Waals surface area contributed by atoms with Gasteiger partial charge in [0.2, 0.25) is 0 Å². The molecule has 2 aliphatic rings. The Morgan fingerprint density at radius 1 is 1.20 bits per heavy atom. The van der Waals surface area contributed by atoms with E-state index in [4.69, 9.17) is 4.74 Å². The van der Waals surface area contributed by atoms with Gasteiger partial charge in [0.1, 0.15) is 5.60 Å². The molecule has 6 heteroatoms. The van der Waals surface area contributed by atoms with Gasteiger partial charge in [-0.2, -0.15) is 0 Å². The van der Waals surface area contributed by atoms with Crippen LogP contribution in [0.5, 0.6) is 0 Å². The van der Waals surface area contributed by atoms with Crippen molar-refractivity contribution < 1.29 is 13.7 Å².